The minimum atomic E-state index is 0.446. The van der Waals surface area contributed by atoms with Crippen LogP contribution in [0.5, 0.6) is 0 Å². The van der Waals surface area contributed by atoms with Gasteiger partial charge in [0.1, 0.15) is 0 Å². The molecule has 3 N–H and O–H groups in total. The predicted octanol–water partition coefficient (Wildman–Crippen LogP) is 0.808. The van der Waals surface area contributed by atoms with Crippen molar-refractivity contribution in [2.24, 2.45) is 0 Å². The number of ether oxygens (including phenoxy) is 1. The quantitative estimate of drug-likeness (QED) is 0.651. The van der Waals surface area contributed by atoms with E-state index in [1.807, 2.05) is 0 Å². The van der Waals surface area contributed by atoms with Gasteiger partial charge in [-0.25, -0.2) is 0 Å². The van der Waals surface area contributed by atoms with Gasteiger partial charge in [0.05, 0.1) is 24.2 Å². The number of hydrogen-bond donors (Lipinski definition) is 2. The molecule has 0 aliphatic heterocycles. The maximum absolute atomic E-state index is 7.04. The molecule has 4 nitrogen and oxygen atoms in total. The van der Waals surface area contributed by atoms with Gasteiger partial charge < -0.3 is 15.9 Å². The Labute approximate surface area is 70.9 Å². The van der Waals surface area contributed by atoms with Crippen molar-refractivity contribution in [3.63, 3.8) is 0 Å². The molecule has 0 radical (unpaired) electrons. The van der Waals surface area contributed by atoms with Crippen LogP contribution in [0.4, 0.5) is 5.69 Å². The van der Waals surface area contributed by atoms with E-state index in [0.717, 1.165) is 5.69 Å². The van der Waals surface area contributed by atoms with Crippen LogP contribution in [-0.2, 0) is 11.3 Å². The van der Waals surface area contributed by atoms with Gasteiger partial charge in [-0.05, 0) is 6.07 Å². The molecule has 0 unspecified atom stereocenters. The molecule has 4 heteroatoms. The topological polar surface area (TPSA) is 72.0 Å². The summed E-state index contributed by atoms with van der Waals surface area (Å²) >= 11 is 0. The molecule has 0 aliphatic rings. The summed E-state index contributed by atoms with van der Waals surface area (Å²) < 4.78 is 4.89. The van der Waals surface area contributed by atoms with Crippen molar-refractivity contribution in [1.29, 1.82) is 5.41 Å². The average molecular weight is 165 g/mol. The highest BCUT2D eigenvalue weighted by Crippen LogP contribution is 2.09. The Kier molecular flexibility index (Phi) is 2.76. The smallest absolute Gasteiger partial charge is 0.0884 e. The van der Waals surface area contributed by atoms with Crippen molar-refractivity contribution >= 4 is 11.9 Å². The first kappa shape index (κ1) is 8.67. The number of nitrogens with one attached hydrogen (secondary N) is 1. The van der Waals surface area contributed by atoms with Gasteiger partial charge in [-0.15, -0.1) is 0 Å². The molecule has 12 heavy (non-hydrogen) atoms. The normalized spacial score (nSPS) is 9.75. The van der Waals surface area contributed by atoms with Crippen LogP contribution in [0.1, 0.15) is 11.3 Å². The Morgan fingerprint density at radius 1 is 1.75 bits per heavy atom. The first-order valence-electron chi connectivity index (χ1n) is 3.51. The number of pyridine rings is 1. The molecular formula is C8H11N3O. The summed E-state index contributed by atoms with van der Waals surface area (Å²) in [5.41, 5.74) is 7.52. The first-order valence-corrected chi connectivity index (χ1v) is 3.51. The molecule has 0 bridgehead atoms. The molecule has 1 heterocycles. The van der Waals surface area contributed by atoms with Crippen molar-refractivity contribution in [2.45, 2.75) is 6.61 Å². The molecule has 0 amide bonds. The number of methoxy groups -OCH3 is 1. The monoisotopic (exact) mass is 165 g/mol. The molecule has 0 spiro atoms. The molecule has 0 saturated carbocycles. The standard InChI is InChI=1S/C8H11N3O/c1-12-5-7-2-6(3-9)8(10)4-11-7/h2-4,9H,5,10H2,1H3. The Balaban J connectivity index is 2.96. The summed E-state index contributed by atoms with van der Waals surface area (Å²) in [7, 11) is 1.60. The van der Waals surface area contributed by atoms with Gasteiger partial charge >= 0.3 is 0 Å². The SMILES string of the molecule is COCc1cc(C=N)c(N)cn1. The Morgan fingerprint density at radius 2 is 2.50 bits per heavy atom. The number of rotatable bonds is 3. The van der Waals surface area contributed by atoms with Crippen molar-refractivity contribution in [3.05, 3.63) is 23.5 Å². The molecule has 1 aromatic heterocycles. The van der Waals surface area contributed by atoms with Crippen LogP contribution in [0, 0.1) is 5.41 Å². The van der Waals surface area contributed by atoms with Crippen molar-refractivity contribution in [3.8, 4) is 0 Å². The van der Waals surface area contributed by atoms with Gasteiger partial charge in [0.2, 0.25) is 0 Å². The second-order valence-corrected chi connectivity index (χ2v) is 2.38. The van der Waals surface area contributed by atoms with E-state index >= 15 is 0 Å². The van der Waals surface area contributed by atoms with Gasteiger partial charge in [0, 0.05) is 18.9 Å². The molecule has 0 aliphatic carbocycles. The van der Waals surface area contributed by atoms with Crippen LogP contribution in [0.15, 0.2) is 12.3 Å². The van der Waals surface area contributed by atoms with E-state index in [0.29, 0.717) is 17.9 Å². The highest BCUT2D eigenvalue weighted by atomic mass is 16.5. The Hall–Kier alpha value is -1.42. The van der Waals surface area contributed by atoms with Gasteiger partial charge in [-0.1, -0.05) is 0 Å². The second-order valence-electron chi connectivity index (χ2n) is 2.38. The predicted molar refractivity (Wildman–Crippen MR) is 47.2 cm³/mol. The molecule has 0 aromatic carbocycles. The van der Waals surface area contributed by atoms with Crippen LogP contribution in [0.3, 0.4) is 0 Å². The molecule has 1 aromatic rings. The van der Waals surface area contributed by atoms with Gasteiger partial charge in [-0.2, -0.15) is 0 Å². The third-order valence-electron chi connectivity index (χ3n) is 1.47. The van der Waals surface area contributed by atoms with E-state index in [-0.39, 0.29) is 0 Å². The third kappa shape index (κ3) is 1.79. The maximum atomic E-state index is 7.04. The number of nitrogens with two attached hydrogens (primary N) is 1. The summed E-state index contributed by atoms with van der Waals surface area (Å²) in [6.45, 7) is 0.446. The van der Waals surface area contributed by atoms with E-state index < -0.39 is 0 Å². The minimum absolute atomic E-state index is 0.446. The number of nitrogens with zero attached hydrogens (tertiary/aromatic N) is 1. The first-order chi connectivity index (χ1) is 5.77. The number of anilines is 1. The highest BCUT2D eigenvalue weighted by molar-refractivity contribution is 5.84. The van der Waals surface area contributed by atoms with E-state index in [1.54, 1.807) is 13.2 Å². The largest absolute Gasteiger partial charge is 0.397 e. The lowest BCUT2D eigenvalue weighted by molar-refractivity contribution is 0.181. The molecular weight excluding hydrogens is 154 g/mol. The molecule has 64 valence electrons. The fraction of sp³-hybridized carbons (Fsp3) is 0.250. The van der Waals surface area contributed by atoms with Crippen LogP contribution >= 0.6 is 0 Å². The Morgan fingerprint density at radius 3 is 3.08 bits per heavy atom. The maximum Gasteiger partial charge on any atom is 0.0884 e. The highest BCUT2D eigenvalue weighted by Gasteiger charge is 1.98. The van der Waals surface area contributed by atoms with E-state index in [4.69, 9.17) is 15.9 Å². The zero-order valence-electron chi connectivity index (χ0n) is 6.87. The van der Waals surface area contributed by atoms with Gasteiger partial charge in [0.15, 0.2) is 0 Å². The summed E-state index contributed by atoms with van der Waals surface area (Å²) in [6.07, 6.45) is 2.74. The van der Waals surface area contributed by atoms with Gasteiger partial charge in [0.25, 0.3) is 0 Å². The average Bonchev–Trinajstić information content (AvgIpc) is 2.09. The zero-order chi connectivity index (χ0) is 8.97. The third-order valence-corrected chi connectivity index (χ3v) is 1.47. The molecule has 0 fully saturated rings. The van der Waals surface area contributed by atoms with Crippen LogP contribution in [-0.4, -0.2) is 18.3 Å². The van der Waals surface area contributed by atoms with Crippen LogP contribution in [0.2, 0.25) is 0 Å². The number of hydrogen-bond acceptors (Lipinski definition) is 4. The Bertz CT molecular complexity index is 286. The molecule has 0 atom stereocenters. The molecule has 0 saturated heterocycles. The second kappa shape index (κ2) is 3.82. The minimum Gasteiger partial charge on any atom is -0.397 e. The van der Waals surface area contributed by atoms with E-state index in [2.05, 4.69) is 4.98 Å². The number of nitrogen functional groups attached to an aromatic ring is 1. The summed E-state index contributed by atoms with van der Waals surface area (Å²) in [4.78, 5) is 4.02. The fourth-order valence-electron chi connectivity index (χ4n) is 0.879. The summed E-state index contributed by atoms with van der Waals surface area (Å²) in [5, 5.41) is 7.04. The van der Waals surface area contributed by atoms with Crippen molar-refractivity contribution in [1.82, 2.24) is 4.98 Å². The van der Waals surface area contributed by atoms with Crippen molar-refractivity contribution in [2.75, 3.05) is 12.8 Å². The summed E-state index contributed by atoms with van der Waals surface area (Å²) in [5.74, 6) is 0. The van der Waals surface area contributed by atoms with Gasteiger partial charge in [-0.3, -0.25) is 4.98 Å². The van der Waals surface area contributed by atoms with E-state index in [9.17, 15) is 0 Å². The molecule has 1 rings (SSSR count). The van der Waals surface area contributed by atoms with Crippen LogP contribution < -0.4 is 5.73 Å². The lowest BCUT2D eigenvalue weighted by atomic mass is 10.2. The number of aromatic nitrogens is 1. The summed E-state index contributed by atoms with van der Waals surface area (Å²) in [6, 6.07) is 1.74. The van der Waals surface area contributed by atoms with Crippen molar-refractivity contribution < 1.29 is 4.74 Å². The lowest BCUT2D eigenvalue weighted by Crippen LogP contribution is -1.98. The van der Waals surface area contributed by atoms with Crippen LogP contribution in [0.25, 0.3) is 0 Å². The lowest BCUT2D eigenvalue weighted by Gasteiger charge is -2.02. The fourth-order valence-corrected chi connectivity index (χ4v) is 0.879. The van der Waals surface area contributed by atoms with E-state index in [1.165, 1.54) is 12.4 Å². The zero-order valence-corrected chi connectivity index (χ0v) is 6.87.